The van der Waals surface area contributed by atoms with Crippen LogP contribution in [0.5, 0.6) is 0 Å². The molecule has 2 aliphatic carbocycles. The van der Waals surface area contributed by atoms with Gasteiger partial charge in [-0.25, -0.2) is 0 Å². The number of fused-ring (bicyclic) bond motifs is 2. The largest absolute Gasteiger partial charge is 0.0991 e. The molecule has 136 valence electrons. The van der Waals surface area contributed by atoms with Crippen LogP contribution in [0, 0.1) is 0 Å². The topological polar surface area (TPSA) is 0 Å². The van der Waals surface area contributed by atoms with Crippen molar-refractivity contribution in [1.29, 1.82) is 0 Å². The summed E-state index contributed by atoms with van der Waals surface area (Å²) in [7, 11) is 0. The van der Waals surface area contributed by atoms with Crippen LogP contribution in [0.2, 0.25) is 0 Å². The van der Waals surface area contributed by atoms with E-state index in [0.29, 0.717) is 0 Å². The molecule has 0 saturated carbocycles. The molecular formula is C27H28. The molecule has 1 unspecified atom stereocenters. The monoisotopic (exact) mass is 352 g/mol. The number of rotatable bonds is 5. The zero-order chi connectivity index (χ0) is 19.6. The Morgan fingerprint density at radius 1 is 0.815 bits per heavy atom. The van der Waals surface area contributed by atoms with Crippen molar-refractivity contribution in [1.82, 2.24) is 0 Å². The van der Waals surface area contributed by atoms with Crippen LogP contribution in [0.15, 0.2) is 114 Å². The Morgan fingerprint density at radius 2 is 1.44 bits per heavy atom. The lowest BCUT2D eigenvalue weighted by molar-refractivity contribution is 0.770. The fourth-order valence-electron chi connectivity index (χ4n) is 4.74. The third-order valence-electron chi connectivity index (χ3n) is 5.72. The Hall–Kier alpha value is -2.86. The van der Waals surface area contributed by atoms with Crippen molar-refractivity contribution in [3.8, 4) is 0 Å². The van der Waals surface area contributed by atoms with Gasteiger partial charge >= 0.3 is 0 Å². The number of hydrogen-bond acceptors (Lipinski definition) is 0. The zero-order valence-electron chi connectivity index (χ0n) is 16.8. The fourth-order valence-corrected chi connectivity index (χ4v) is 4.74. The van der Waals surface area contributed by atoms with Gasteiger partial charge in [0, 0.05) is 0 Å². The zero-order valence-corrected chi connectivity index (χ0v) is 16.8. The van der Waals surface area contributed by atoms with E-state index >= 15 is 0 Å². The predicted octanol–water partition coefficient (Wildman–Crippen LogP) is 7.42. The van der Waals surface area contributed by atoms with Crippen LogP contribution in [-0.2, 0) is 5.41 Å². The van der Waals surface area contributed by atoms with Crippen molar-refractivity contribution in [3.63, 3.8) is 0 Å². The third kappa shape index (κ3) is 2.51. The first-order chi connectivity index (χ1) is 13.1. The average Bonchev–Trinajstić information content (AvgIpc) is 3.06. The van der Waals surface area contributed by atoms with Crippen molar-refractivity contribution in [3.05, 3.63) is 125 Å². The molecule has 0 radical (unpaired) electrons. The summed E-state index contributed by atoms with van der Waals surface area (Å²) in [4.78, 5) is 0. The standard InChI is InChI=1S/C27H28/c1-7-11-17-24-19(5)21(10-4)25(15-9-3)27(24)23(14-8-2)20(6)22-16-12-13-18-26(22)27/h7-18H,1,4H2,2-3,5-6H3/b14-8-,15-9-,17-11-. The molecule has 0 saturated heterocycles. The minimum Gasteiger partial charge on any atom is -0.0991 e. The Morgan fingerprint density at radius 3 is 2.07 bits per heavy atom. The fraction of sp³-hybridized carbons (Fsp3) is 0.185. The predicted molar refractivity (Wildman–Crippen MR) is 120 cm³/mol. The van der Waals surface area contributed by atoms with E-state index in [1.54, 1.807) is 0 Å². The molecule has 2 aliphatic rings. The molecule has 27 heavy (non-hydrogen) atoms. The van der Waals surface area contributed by atoms with E-state index in [-0.39, 0.29) is 5.41 Å². The Balaban J connectivity index is 2.54. The molecule has 0 fully saturated rings. The van der Waals surface area contributed by atoms with E-state index in [2.05, 4.69) is 95.5 Å². The highest BCUT2D eigenvalue weighted by molar-refractivity contribution is 5.90. The molecule has 0 nitrogen and oxygen atoms in total. The summed E-state index contributed by atoms with van der Waals surface area (Å²) >= 11 is 0. The van der Waals surface area contributed by atoms with Crippen molar-refractivity contribution in [2.45, 2.75) is 33.1 Å². The van der Waals surface area contributed by atoms with Gasteiger partial charge in [-0.2, -0.15) is 0 Å². The molecular weight excluding hydrogens is 324 g/mol. The molecule has 0 heterocycles. The molecule has 1 atom stereocenters. The highest BCUT2D eigenvalue weighted by Crippen LogP contribution is 2.61. The molecule has 3 rings (SSSR count). The van der Waals surface area contributed by atoms with Gasteiger partial charge in [0.2, 0.25) is 0 Å². The van der Waals surface area contributed by atoms with E-state index in [4.69, 9.17) is 0 Å². The molecule has 0 aliphatic heterocycles. The maximum Gasteiger partial charge on any atom is 0.0718 e. The van der Waals surface area contributed by atoms with E-state index < -0.39 is 0 Å². The van der Waals surface area contributed by atoms with E-state index in [9.17, 15) is 0 Å². The molecule has 0 aromatic heterocycles. The van der Waals surface area contributed by atoms with Gasteiger partial charge in [-0.1, -0.05) is 86.0 Å². The average molecular weight is 353 g/mol. The third-order valence-corrected chi connectivity index (χ3v) is 5.72. The first kappa shape index (κ1) is 18.9. The maximum absolute atomic E-state index is 4.14. The van der Waals surface area contributed by atoms with Gasteiger partial charge in [0.05, 0.1) is 5.41 Å². The van der Waals surface area contributed by atoms with Crippen molar-refractivity contribution < 1.29 is 0 Å². The normalized spacial score (nSPS) is 22.4. The summed E-state index contributed by atoms with van der Waals surface area (Å²) in [5, 5.41) is 0. The number of benzene rings is 1. The minimum atomic E-state index is -0.299. The summed E-state index contributed by atoms with van der Waals surface area (Å²) in [6.07, 6.45) is 16.9. The van der Waals surface area contributed by atoms with Crippen molar-refractivity contribution in [2.75, 3.05) is 0 Å². The quantitative estimate of drug-likeness (QED) is 0.484. The summed E-state index contributed by atoms with van der Waals surface area (Å²) in [6, 6.07) is 8.80. The van der Waals surface area contributed by atoms with Gasteiger partial charge in [-0.15, -0.1) is 0 Å². The Labute approximate surface area is 164 Å². The van der Waals surface area contributed by atoms with E-state index in [0.717, 1.165) is 0 Å². The number of hydrogen-bond donors (Lipinski definition) is 0. The van der Waals surface area contributed by atoms with Gasteiger partial charge in [0.25, 0.3) is 0 Å². The molecule has 0 N–H and O–H groups in total. The molecule has 1 aromatic carbocycles. The smallest absolute Gasteiger partial charge is 0.0718 e. The molecule has 0 heteroatoms. The Bertz CT molecular complexity index is 983. The molecule has 0 amide bonds. The summed E-state index contributed by atoms with van der Waals surface area (Å²) in [6.45, 7) is 16.7. The number of allylic oxidation sites excluding steroid dienone is 14. The summed E-state index contributed by atoms with van der Waals surface area (Å²) in [5.74, 6) is 0. The second-order valence-corrected chi connectivity index (χ2v) is 7.00. The lowest BCUT2D eigenvalue weighted by Crippen LogP contribution is -2.28. The van der Waals surface area contributed by atoms with Crippen LogP contribution in [0.1, 0.15) is 38.8 Å². The Kier molecular flexibility index (Phi) is 5.19. The van der Waals surface area contributed by atoms with Crippen molar-refractivity contribution in [2.24, 2.45) is 0 Å². The summed E-state index contributed by atoms with van der Waals surface area (Å²) < 4.78 is 0. The van der Waals surface area contributed by atoms with Crippen LogP contribution in [-0.4, -0.2) is 0 Å². The molecule has 1 spiro atoms. The lowest BCUT2D eigenvalue weighted by atomic mass is 9.67. The van der Waals surface area contributed by atoms with Crippen LogP contribution < -0.4 is 0 Å². The van der Waals surface area contributed by atoms with Gasteiger partial charge in [0.15, 0.2) is 0 Å². The van der Waals surface area contributed by atoms with Gasteiger partial charge in [0.1, 0.15) is 0 Å². The molecule has 1 aromatic rings. The minimum absolute atomic E-state index is 0.299. The highest BCUT2D eigenvalue weighted by Gasteiger charge is 2.51. The second kappa shape index (κ2) is 7.40. The SMILES string of the molecule is C=C/C=C\C1=C(C)C(C=C)=C(/C=C\C)C12C(/C=C\C)=C(C)c1ccccc12. The highest BCUT2D eigenvalue weighted by atomic mass is 14.5. The van der Waals surface area contributed by atoms with Crippen LogP contribution in [0.4, 0.5) is 0 Å². The first-order valence-corrected chi connectivity index (χ1v) is 9.54. The van der Waals surface area contributed by atoms with Crippen LogP contribution in [0.3, 0.4) is 0 Å². The first-order valence-electron chi connectivity index (χ1n) is 9.54. The van der Waals surface area contributed by atoms with Gasteiger partial charge < -0.3 is 0 Å². The summed E-state index contributed by atoms with van der Waals surface area (Å²) in [5.41, 5.74) is 10.2. The second-order valence-electron chi connectivity index (χ2n) is 7.00. The van der Waals surface area contributed by atoms with Gasteiger partial charge in [-0.3, -0.25) is 0 Å². The maximum atomic E-state index is 4.14. The van der Waals surface area contributed by atoms with E-state index in [1.807, 2.05) is 18.2 Å². The lowest BCUT2D eigenvalue weighted by Gasteiger charge is -2.34. The van der Waals surface area contributed by atoms with Gasteiger partial charge in [-0.05, 0) is 72.3 Å². The van der Waals surface area contributed by atoms with E-state index in [1.165, 1.54) is 44.6 Å². The van der Waals surface area contributed by atoms with Crippen molar-refractivity contribution >= 4 is 5.57 Å². The molecule has 0 bridgehead atoms. The van der Waals surface area contributed by atoms with Crippen LogP contribution in [0.25, 0.3) is 5.57 Å². The van der Waals surface area contributed by atoms with Crippen LogP contribution >= 0.6 is 0 Å².